The zero-order chi connectivity index (χ0) is 12.3. The summed E-state index contributed by atoms with van der Waals surface area (Å²) in [7, 11) is 0. The van der Waals surface area contributed by atoms with Crippen LogP contribution in [0.25, 0.3) is 0 Å². The first kappa shape index (κ1) is 10.8. The maximum absolute atomic E-state index is 12.6. The van der Waals surface area contributed by atoms with E-state index in [1.165, 1.54) is 19.3 Å². The molecule has 0 radical (unpaired) electrons. The first-order valence-electron chi connectivity index (χ1n) is 7.32. The number of amides is 2. The molecule has 0 aromatic heterocycles. The number of hydrogen-bond acceptors (Lipinski definition) is 2. The summed E-state index contributed by atoms with van der Waals surface area (Å²) in [6, 6.07) is 0.212. The number of fused-ring (bicyclic) bond motifs is 5. The van der Waals surface area contributed by atoms with E-state index in [0.717, 1.165) is 19.3 Å². The number of likely N-dealkylation sites (tertiary alicyclic amines) is 1. The van der Waals surface area contributed by atoms with Gasteiger partial charge in [0.05, 0.1) is 11.8 Å². The minimum atomic E-state index is -0.00516. The second-order valence-electron chi connectivity index (χ2n) is 6.34. The third kappa shape index (κ3) is 1.25. The van der Waals surface area contributed by atoms with E-state index in [-0.39, 0.29) is 29.7 Å². The normalized spacial score (nSPS) is 43.0. The molecule has 1 aliphatic heterocycles. The smallest absolute Gasteiger partial charge is 0.233 e. The molecule has 3 fully saturated rings. The van der Waals surface area contributed by atoms with Gasteiger partial charge in [-0.05, 0) is 31.1 Å². The Bertz CT molecular complexity index is 406. The predicted octanol–water partition coefficient (Wildman–Crippen LogP) is 2.13. The Kier molecular flexibility index (Phi) is 2.21. The third-order valence-electron chi connectivity index (χ3n) is 5.44. The SMILES string of the molecule is O=C1[C@@H]2[C@H](C(=O)N1C1CCCCC1)[C@@H]1C=C[C@H]2C1. The Morgan fingerprint density at radius 3 is 2.00 bits per heavy atom. The van der Waals surface area contributed by atoms with Crippen molar-refractivity contribution < 1.29 is 9.59 Å². The van der Waals surface area contributed by atoms with Gasteiger partial charge in [-0.15, -0.1) is 0 Å². The lowest BCUT2D eigenvalue weighted by Crippen LogP contribution is -2.42. The number of hydrogen-bond donors (Lipinski definition) is 0. The Morgan fingerprint density at radius 1 is 0.889 bits per heavy atom. The maximum atomic E-state index is 12.6. The van der Waals surface area contributed by atoms with Crippen molar-refractivity contribution in [1.82, 2.24) is 4.90 Å². The summed E-state index contributed by atoms with van der Waals surface area (Å²) in [5.41, 5.74) is 0. The molecule has 1 saturated heterocycles. The zero-order valence-electron chi connectivity index (χ0n) is 10.5. The standard InChI is InChI=1S/C15H19NO2/c17-14-12-9-6-7-10(8-9)13(12)15(18)16(14)11-4-2-1-3-5-11/h6-7,9-13H,1-5,8H2/t9-,10+,12-,13+. The van der Waals surface area contributed by atoms with Gasteiger partial charge in [-0.1, -0.05) is 31.4 Å². The van der Waals surface area contributed by atoms with Crippen molar-refractivity contribution in [3.8, 4) is 0 Å². The van der Waals surface area contributed by atoms with E-state index in [1.54, 1.807) is 4.90 Å². The van der Waals surface area contributed by atoms with Crippen molar-refractivity contribution in [2.24, 2.45) is 23.7 Å². The Hall–Kier alpha value is -1.12. The highest BCUT2D eigenvalue weighted by molar-refractivity contribution is 6.06. The summed E-state index contributed by atoms with van der Waals surface area (Å²) in [5, 5.41) is 0. The third-order valence-corrected chi connectivity index (χ3v) is 5.44. The molecule has 4 atom stereocenters. The fraction of sp³-hybridized carbons (Fsp3) is 0.733. The molecule has 96 valence electrons. The molecule has 4 aliphatic rings. The first-order valence-corrected chi connectivity index (χ1v) is 7.32. The van der Waals surface area contributed by atoms with Gasteiger partial charge in [-0.2, -0.15) is 0 Å². The van der Waals surface area contributed by atoms with E-state index in [9.17, 15) is 9.59 Å². The van der Waals surface area contributed by atoms with Crippen LogP contribution in [0.15, 0.2) is 12.2 Å². The van der Waals surface area contributed by atoms with E-state index in [1.807, 2.05) is 0 Å². The van der Waals surface area contributed by atoms with Crippen LogP contribution in [-0.4, -0.2) is 22.8 Å². The van der Waals surface area contributed by atoms with Gasteiger partial charge in [0.1, 0.15) is 0 Å². The highest BCUT2D eigenvalue weighted by Gasteiger charge is 2.60. The molecule has 18 heavy (non-hydrogen) atoms. The van der Waals surface area contributed by atoms with Gasteiger partial charge in [0, 0.05) is 6.04 Å². The van der Waals surface area contributed by atoms with Gasteiger partial charge in [0.15, 0.2) is 0 Å². The lowest BCUT2D eigenvalue weighted by molar-refractivity contribution is -0.144. The van der Waals surface area contributed by atoms with Crippen LogP contribution >= 0.6 is 0 Å². The van der Waals surface area contributed by atoms with Gasteiger partial charge in [0.25, 0.3) is 0 Å². The molecule has 0 aromatic carbocycles. The van der Waals surface area contributed by atoms with Crippen molar-refractivity contribution >= 4 is 11.8 Å². The highest BCUT2D eigenvalue weighted by Crippen LogP contribution is 2.53. The average molecular weight is 245 g/mol. The average Bonchev–Trinajstić information content (AvgIpc) is 3.05. The van der Waals surface area contributed by atoms with E-state index >= 15 is 0 Å². The first-order chi connectivity index (χ1) is 8.77. The zero-order valence-corrected chi connectivity index (χ0v) is 10.5. The second-order valence-corrected chi connectivity index (χ2v) is 6.34. The number of carbonyl (C=O) groups excluding carboxylic acids is 2. The fourth-order valence-corrected chi connectivity index (χ4v) is 4.62. The molecular formula is C15H19NO2. The molecule has 2 bridgehead atoms. The number of nitrogens with zero attached hydrogens (tertiary/aromatic N) is 1. The highest BCUT2D eigenvalue weighted by atomic mass is 16.2. The summed E-state index contributed by atoms with van der Waals surface area (Å²) < 4.78 is 0. The minimum absolute atomic E-state index is 0.00516. The van der Waals surface area contributed by atoms with Crippen LogP contribution in [0.3, 0.4) is 0 Å². The van der Waals surface area contributed by atoms with E-state index < -0.39 is 0 Å². The molecule has 1 heterocycles. The molecule has 3 heteroatoms. The number of rotatable bonds is 1. The molecule has 0 unspecified atom stereocenters. The van der Waals surface area contributed by atoms with Gasteiger partial charge < -0.3 is 0 Å². The molecular weight excluding hydrogens is 226 g/mol. The number of allylic oxidation sites excluding steroid dienone is 2. The summed E-state index contributed by atoms with van der Waals surface area (Å²) >= 11 is 0. The number of imide groups is 1. The molecule has 0 aromatic rings. The van der Waals surface area contributed by atoms with Gasteiger partial charge in [0.2, 0.25) is 11.8 Å². The topological polar surface area (TPSA) is 37.4 Å². The van der Waals surface area contributed by atoms with Crippen LogP contribution < -0.4 is 0 Å². The molecule has 3 nitrogen and oxygen atoms in total. The fourth-order valence-electron chi connectivity index (χ4n) is 4.62. The molecule has 3 aliphatic carbocycles. The largest absolute Gasteiger partial charge is 0.279 e. The molecule has 0 N–H and O–H groups in total. The van der Waals surface area contributed by atoms with Crippen LogP contribution in [0.5, 0.6) is 0 Å². The lowest BCUT2D eigenvalue weighted by atomic mass is 9.85. The Balaban J connectivity index is 1.63. The van der Waals surface area contributed by atoms with E-state index in [4.69, 9.17) is 0 Å². The summed E-state index contributed by atoms with van der Waals surface area (Å²) in [4.78, 5) is 26.8. The van der Waals surface area contributed by atoms with Gasteiger partial charge in [-0.25, -0.2) is 0 Å². The molecule has 0 spiro atoms. The lowest BCUT2D eigenvalue weighted by Gasteiger charge is -2.30. The van der Waals surface area contributed by atoms with Crippen molar-refractivity contribution in [2.45, 2.75) is 44.6 Å². The monoisotopic (exact) mass is 245 g/mol. The van der Waals surface area contributed by atoms with Gasteiger partial charge in [-0.3, -0.25) is 14.5 Å². The van der Waals surface area contributed by atoms with Crippen LogP contribution in [0, 0.1) is 23.7 Å². The van der Waals surface area contributed by atoms with Crippen LogP contribution in [-0.2, 0) is 9.59 Å². The van der Waals surface area contributed by atoms with Crippen molar-refractivity contribution in [3.05, 3.63) is 12.2 Å². The minimum Gasteiger partial charge on any atom is -0.279 e. The second kappa shape index (κ2) is 3.69. The Labute approximate surface area is 107 Å². The summed E-state index contributed by atoms with van der Waals surface area (Å²) in [6.45, 7) is 0. The summed E-state index contributed by atoms with van der Waals surface area (Å²) in [6.07, 6.45) is 11.0. The van der Waals surface area contributed by atoms with Gasteiger partial charge >= 0.3 is 0 Å². The molecule has 2 amide bonds. The van der Waals surface area contributed by atoms with Crippen LogP contribution in [0.1, 0.15) is 38.5 Å². The van der Waals surface area contributed by atoms with E-state index in [0.29, 0.717) is 11.8 Å². The molecule has 2 saturated carbocycles. The van der Waals surface area contributed by atoms with Crippen molar-refractivity contribution in [1.29, 1.82) is 0 Å². The van der Waals surface area contributed by atoms with Crippen LogP contribution in [0.2, 0.25) is 0 Å². The van der Waals surface area contributed by atoms with E-state index in [2.05, 4.69) is 12.2 Å². The predicted molar refractivity (Wildman–Crippen MR) is 66.4 cm³/mol. The van der Waals surface area contributed by atoms with Crippen molar-refractivity contribution in [3.63, 3.8) is 0 Å². The maximum Gasteiger partial charge on any atom is 0.233 e. The van der Waals surface area contributed by atoms with Crippen molar-refractivity contribution in [2.75, 3.05) is 0 Å². The quantitative estimate of drug-likeness (QED) is 0.524. The summed E-state index contributed by atoms with van der Waals surface area (Å²) in [5.74, 6) is 0.987. The Morgan fingerprint density at radius 2 is 1.44 bits per heavy atom. The molecule has 4 rings (SSSR count). The number of carbonyl (C=O) groups is 2. The van der Waals surface area contributed by atoms with Crippen LogP contribution in [0.4, 0.5) is 0 Å².